The molecule has 0 amide bonds. The molecule has 0 spiro atoms. The SMILES string of the molecule is CCCCCC(=O)OC1=CN(c2ccc(Oc3ncc(Cl)cc3F)cc2)NN1N. The molecule has 0 saturated carbocycles. The molecule has 1 aromatic heterocycles. The van der Waals surface area contributed by atoms with Crippen LogP contribution >= 0.6 is 11.6 Å². The number of pyridine rings is 1. The molecule has 0 saturated heterocycles. The Bertz CT molecular complexity index is 894. The van der Waals surface area contributed by atoms with Crippen LogP contribution in [0.15, 0.2) is 48.6 Å². The van der Waals surface area contributed by atoms with E-state index in [1.54, 1.807) is 35.5 Å². The maximum Gasteiger partial charge on any atom is 0.312 e. The molecule has 10 heteroatoms. The van der Waals surface area contributed by atoms with Gasteiger partial charge in [0, 0.05) is 12.6 Å². The van der Waals surface area contributed by atoms with E-state index >= 15 is 0 Å². The summed E-state index contributed by atoms with van der Waals surface area (Å²) in [7, 11) is 0. The van der Waals surface area contributed by atoms with Crippen molar-refractivity contribution in [3.8, 4) is 11.6 Å². The van der Waals surface area contributed by atoms with Crippen molar-refractivity contribution in [2.24, 2.45) is 5.84 Å². The van der Waals surface area contributed by atoms with Gasteiger partial charge in [0.05, 0.1) is 16.9 Å². The van der Waals surface area contributed by atoms with Crippen LogP contribution in [0.25, 0.3) is 0 Å². The normalized spacial score (nSPS) is 13.4. The first-order valence-corrected chi connectivity index (χ1v) is 9.46. The first-order valence-electron chi connectivity index (χ1n) is 9.08. The van der Waals surface area contributed by atoms with Crippen LogP contribution in [0.4, 0.5) is 10.1 Å². The van der Waals surface area contributed by atoms with Crippen molar-refractivity contribution in [1.29, 1.82) is 0 Å². The highest BCUT2D eigenvalue weighted by Gasteiger charge is 2.23. The Morgan fingerprint density at radius 3 is 2.76 bits per heavy atom. The predicted molar refractivity (Wildman–Crippen MR) is 106 cm³/mol. The lowest BCUT2D eigenvalue weighted by molar-refractivity contribution is -0.142. The van der Waals surface area contributed by atoms with Crippen molar-refractivity contribution >= 4 is 23.3 Å². The zero-order chi connectivity index (χ0) is 20.8. The summed E-state index contributed by atoms with van der Waals surface area (Å²) in [6.45, 7) is 2.06. The number of hydrazine groups is 3. The van der Waals surface area contributed by atoms with Gasteiger partial charge >= 0.3 is 5.97 Å². The molecular formula is C19H21ClFN5O3. The van der Waals surface area contributed by atoms with E-state index in [1.165, 1.54) is 6.20 Å². The summed E-state index contributed by atoms with van der Waals surface area (Å²) in [4.78, 5) is 15.7. The summed E-state index contributed by atoms with van der Waals surface area (Å²) in [6.07, 6.45) is 5.95. The van der Waals surface area contributed by atoms with Crippen LogP contribution < -0.4 is 21.1 Å². The fraction of sp³-hybridized carbons (Fsp3) is 0.263. The Morgan fingerprint density at radius 1 is 1.31 bits per heavy atom. The van der Waals surface area contributed by atoms with Gasteiger partial charge in [0.15, 0.2) is 5.82 Å². The van der Waals surface area contributed by atoms with Gasteiger partial charge in [-0.15, -0.1) is 5.53 Å². The number of nitrogens with zero attached hydrogens (tertiary/aromatic N) is 3. The molecule has 1 aliphatic rings. The monoisotopic (exact) mass is 421 g/mol. The Balaban J connectivity index is 1.62. The van der Waals surface area contributed by atoms with Crippen LogP contribution in [0.2, 0.25) is 5.02 Å². The van der Waals surface area contributed by atoms with Crippen LogP contribution in [-0.4, -0.2) is 16.1 Å². The Labute approximate surface area is 172 Å². The number of ether oxygens (including phenoxy) is 2. The molecule has 0 atom stereocenters. The Hall–Kier alpha value is -2.88. The number of halogens is 2. The number of carbonyl (C=O) groups excluding carboxylic acids is 1. The number of hydrogen-bond donors (Lipinski definition) is 2. The third kappa shape index (κ3) is 5.57. The van der Waals surface area contributed by atoms with E-state index in [4.69, 9.17) is 26.9 Å². The second kappa shape index (κ2) is 9.55. The van der Waals surface area contributed by atoms with E-state index in [9.17, 15) is 9.18 Å². The largest absolute Gasteiger partial charge is 0.436 e. The number of aromatic nitrogens is 1. The number of anilines is 1. The molecule has 0 radical (unpaired) electrons. The number of esters is 1. The van der Waals surface area contributed by atoms with E-state index in [0.717, 1.165) is 30.4 Å². The van der Waals surface area contributed by atoms with Gasteiger partial charge in [-0.25, -0.2) is 15.2 Å². The van der Waals surface area contributed by atoms with Crippen LogP contribution in [0.3, 0.4) is 0 Å². The molecule has 2 heterocycles. The lowest BCUT2D eigenvalue weighted by atomic mass is 10.2. The predicted octanol–water partition coefficient (Wildman–Crippen LogP) is 4.00. The number of carbonyl (C=O) groups is 1. The van der Waals surface area contributed by atoms with E-state index < -0.39 is 5.82 Å². The number of benzene rings is 1. The van der Waals surface area contributed by atoms with Crippen molar-refractivity contribution < 1.29 is 18.7 Å². The fourth-order valence-electron chi connectivity index (χ4n) is 2.53. The highest BCUT2D eigenvalue weighted by atomic mass is 35.5. The topological polar surface area (TPSA) is 92.9 Å². The number of hydrogen-bond acceptors (Lipinski definition) is 8. The summed E-state index contributed by atoms with van der Waals surface area (Å²) in [5.74, 6) is 5.21. The first kappa shape index (κ1) is 20.8. The molecule has 0 unspecified atom stereocenters. The molecule has 0 fully saturated rings. The summed E-state index contributed by atoms with van der Waals surface area (Å²) in [5.41, 5.74) is 3.51. The number of nitrogens with two attached hydrogens (primary N) is 1. The standard InChI is InChI=1S/C19H21ClFN5O3/c1-2-3-4-5-18(27)29-17-12-25(24-26(17)22)14-6-8-15(9-7-14)28-19-16(21)10-13(20)11-23-19/h6-12,24H,2-5,22H2,1H3. The van der Waals surface area contributed by atoms with Crippen LogP contribution in [0.5, 0.6) is 11.6 Å². The minimum absolute atomic E-state index is 0.174. The van der Waals surface area contributed by atoms with Gasteiger partial charge < -0.3 is 9.47 Å². The lowest BCUT2D eigenvalue weighted by Gasteiger charge is -2.19. The molecule has 0 aliphatic carbocycles. The highest BCUT2D eigenvalue weighted by molar-refractivity contribution is 6.30. The average Bonchev–Trinajstić information content (AvgIpc) is 3.05. The maximum absolute atomic E-state index is 13.8. The van der Waals surface area contributed by atoms with Gasteiger partial charge in [-0.2, -0.15) is 5.12 Å². The Kier molecular flexibility index (Phi) is 6.86. The zero-order valence-corrected chi connectivity index (χ0v) is 16.5. The third-order valence-corrected chi connectivity index (χ3v) is 4.21. The van der Waals surface area contributed by atoms with Gasteiger partial charge in [0.2, 0.25) is 5.88 Å². The van der Waals surface area contributed by atoms with E-state index in [-0.39, 0.29) is 22.8 Å². The zero-order valence-electron chi connectivity index (χ0n) is 15.8. The number of rotatable bonds is 8. The van der Waals surface area contributed by atoms with Crippen molar-refractivity contribution in [2.75, 3.05) is 5.01 Å². The first-order chi connectivity index (χ1) is 14.0. The quantitative estimate of drug-likeness (QED) is 0.375. The van der Waals surface area contributed by atoms with E-state index in [1.807, 2.05) is 0 Å². The van der Waals surface area contributed by atoms with Crippen LogP contribution in [-0.2, 0) is 9.53 Å². The third-order valence-electron chi connectivity index (χ3n) is 4.00. The minimum Gasteiger partial charge on any atom is -0.436 e. The van der Waals surface area contributed by atoms with Crippen molar-refractivity contribution in [1.82, 2.24) is 15.6 Å². The van der Waals surface area contributed by atoms with Crippen LogP contribution in [0.1, 0.15) is 32.6 Å². The molecule has 0 bridgehead atoms. The Morgan fingerprint density at radius 2 is 2.07 bits per heavy atom. The fourth-order valence-corrected chi connectivity index (χ4v) is 2.67. The maximum atomic E-state index is 13.8. The summed E-state index contributed by atoms with van der Waals surface area (Å²) in [6, 6.07) is 7.82. The van der Waals surface area contributed by atoms with Gasteiger partial charge in [-0.05, 0) is 36.8 Å². The van der Waals surface area contributed by atoms with Crippen molar-refractivity contribution in [3.05, 3.63) is 59.5 Å². The van der Waals surface area contributed by atoms with E-state index in [0.29, 0.717) is 17.9 Å². The van der Waals surface area contributed by atoms with Gasteiger partial charge in [-0.1, -0.05) is 31.4 Å². The summed E-state index contributed by atoms with van der Waals surface area (Å²) in [5, 5.41) is 2.86. The second-order valence-electron chi connectivity index (χ2n) is 6.27. The van der Waals surface area contributed by atoms with Gasteiger partial charge in [0.1, 0.15) is 5.75 Å². The van der Waals surface area contributed by atoms with Gasteiger partial charge in [0.25, 0.3) is 5.88 Å². The summed E-state index contributed by atoms with van der Waals surface area (Å²) < 4.78 is 24.5. The molecule has 2 aromatic rings. The second-order valence-corrected chi connectivity index (χ2v) is 6.71. The van der Waals surface area contributed by atoms with Crippen molar-refractivity contribution in [2.45, 2.75) is 32.6 Å². The molecule has 3 N–H and O–H groups in total. The smallest absolute Gasteiger partial charge is 0.312 e. The molecule has 1 aromatic carbocycles. The van der Waals surface area contributed by atoms with Gasteiger partial charge in [-0.3, -0.25) is 9.80 Å². The lowest BCUT2D eigenvalue weighted by Crippen LogP contribution is -2.45. The molecule has 154 valence electrons. The molecule has 29 heavy (non-hydrogen) atoms. The molecule has 1 aliphatic heterocycles. The van der Waals surface area contributed by atoms with Crippen LogP contribution in [0, 0.1) is 5.82 Å². The molecule has 3 rings (SSSR count). The highest BCUT2D eigenvalue weighted by Crippen LogP contribution is 2.27. The molecular weight excluding hydrogens is 401 g/mol. The molecule has 8 nitrogen and oxygen atoms in total. The number of nitrogens with one attached hydrogen (secondary N) is 1. The number of unbranched alkanes of at least 4 members (excludes halogenated alkanes) is 2. The van der Waals surface area contributed by atoms with E-state index in [2.05, 4.69) is 17.4 Å². The summed E-state index contributed by atoms with van der Waals surface area (Å²) >= 11 is 5.68. The minimum atomic E-state index is -0.658. The average molecular weight is 422 g/mol. The van der Waals surface area contributed by atoms with Crippen molar-refractivity contribution in [3.63, 3.8) is 0 Å².